The molecule has 1 unspecified atom stereocenters. The largest absolute Gasteiger partial charge is 0.478 e. The molecule has 2 N–H and O–H groups in total. The Bertz CT molecular complexity index is 758. The van der Waals surface area contributed by atoms with Crippen LogP contribution in [0.1, 0.15) is 47.8 Å². The van der Waals surface area contributed by atoms with Gasteiger partial charge in [0, 0.05) is 11.4 Å². The molecule has 2 aromatic carbocycles. The maximum atomic E-state index is 12.4. The number of carboxylic acids is 1. The van der Waals surface area contributed by atoms with Gasteiger partial charge in [0.15, 0.2) is 0 Å². The molecule has 25 heavy (non-hydrogen) atoms. The molecule has 2 aromatic rings. The van der Waals surface area contributed by atoms with Gasteiger partial charge in [-0.1, -0.05) is 61.8 Å². The predicted molar refractivity (Wildman–Crippen MR) is 98.9 cm³/mol. The van der Waals surface area contributed by atoms with Gasteiger partial charge in [-0.3, -0.25) is 4.79 Å². The summed E-state index contributed by atoms with van der Waals surface area (Å²) in [7, 11) is 0. The third-order valence-electron chi connectivity index (χ3n) is 4.09. The molecule has 0 fully saturated rings. The monoisotopic (exact) mass is 359 g/mol. The Morgan fingerprint density at radius 3 is 2.36 bits per heavy atom. The standard InChI is InChI=1S/C20H22ClNO3/c1-13(2)19(16-9-5-6-10-17(16)21)22-18(23)12-11-14-7-3-4-8-15(14)20(24)25/h3-10,13,19H,11-12H2,1-2H3,(H,22,23)(H,24,25). The molecular formula is C20H22ClNO3. The van der Waals surface area contributed by atoms with E-state index in [4.69, 9.17) is 11.6 Å². The molecule has 0 saturated carbocycles. The van der Waals surface area contributed by atoms with Gasteiger partial charge in [-0.25, -0.2) is 4.79 Å². The Hall–Kier alpha value is -2.33. The van der Waals surface area contributed by atoms with Gasteiger partial charge in [0.25, 0.3) is 0 Å². The summed E-state index contributed by atoms with van der Waals surface area (Å²) in [5.74, 6) is -0.930. The molecule has 1 atom stereocenters. The Morgan fingerprint density at radius 1 is 1.08 bits per heavy atom. The first-order valence-corrected chi connectivity index (χ1v) is 8.63. The van der Waals surface area contributed by atoms with Crippen molar-refractivity contribution in [1.82, 2.24) is 5.32 Å². The van der Waals surface area contributed by atoms with Crippen LogP contribution in [0.25, 0.3) is 0 Å². The highest BCUT2D eigenvalue weighted by molar-refractivity contribution is 6.31. The molecule has 5 heteroatoms. The minimum Gasteiger partial charge on any atom is -0.478 e. The highest BCUT2D eigenvalue weighted by atomic mass is 35.5. The van der Waals surface area contributed by atoms with E-state index in [0.717, 1.165) is 5.56 Å². The van der Waals surface area contributed by atoms with Gasteiger partial charge < -0.3 is 10.4 Å². The van der Waals surface area contributed by atoms with E-state index >= 15 is 0 Å². The predicted octanol–water partition coefficient (Wildman–Crippen LogP) is 4.48. The minimum absolute atomic E-state index is 0.126. The van der Waals surface area contributed by atoms with Crippen LogP contribution in [0.2, 0.25) is 5.02 Å². The summed E-state index contributed by atoms with van der Waals surface area (Å²) in [4.78, 5) is 23.6. The van der Waals surface area contributed by atoms with Crippen LogP contribution in [-0.4, -0.2) is 17.0 Å². The molecular weight excluding hydrogens is 338 g/mol. The number of halogens is 1. The number of hydrogen-bond acceptors (Lipinski definition) is 2. The summed E-state index contributed by atoms with van der Waals surface area (Å²) >= 11 is 6.26. The lowest BCUT2D eigenvalue weighted by atomic mass is 9.95. The van der Waals surface area contributed by atoms with E-state index in [1.54, 1.807) is 24.3 Å². The normalized spacial score (nSPS) is 12.0. The number of aromatic carboxylic acids is 1. The van der Waals surface area contributed by atoms with Gasteiger partial charge >= 0.3 is 5.97 Å². The van der Waals surface area contributed by atoms with Crippen LogP contribution in [0.15, 0.2) is 48.5 Å². The molecule has 4 nitrogen and oxygen atoms in total. The van der Waals surface area contributed by atoms with E-state index in [1.807, 2.05) is 38.1 Å². The van der Waals surface area contributed by atoms with Crippen molar-refractivity contribution < 1.29 is 14.7 Å². The molecule has 1 amide bonds. The molecule has 0 aliphatic rings. The van der Waals surface area contributed by atoms with E-state index in [2.05, 4.69) is 5.32 Å². The first-order chi connectivity index (χ1) is 11.9. The molecule has 0 spiro atoms. The Kier molecular flexibility index (Phi) is 6.59. The van der Waals surface area contributed by atoms with Crippen molar-refractivity contribution in [3.05, 3.63) is 70.2 Å². The highest BCUT2D eigenvalue weighted by Gasteiger charge is 2.20. The van der Waals surface area contributed by atoms with E-state index in [-0.39, 0.29) is 29.9 Å². The zero-order chi connectivity index (χ0) is 18.4. The van der Waals surface area contributed by atoms with Crippen LogP contribution >= 0.6 is 11.6 Å². The maximum absolute atomic E-state index is 12.4. The van der Waals surface area contributed by atoms with Crippen molar-refractivity contribution >= 4 is 23.5 Å². The lowest BCUT2D eigenvalue weighted by molar-refractivity contribution is -0.122. The smallest absolute Gasteiger partial charge is 0.335 e. The van der Waals surface area contributed by atoms with Gasteiger partial charge in [0.2, 0.25) is 5.91 Å². The van der Waals surface area contributed by atoms with Crippen molar-refractivity contribution in [1.29, 1.82) is 0 Å². The zero-order valence-corrected chi connectivity index (χ0v) is 15.1. The molecule has 0 heterocycles. The van der Waals surface area contributed by atoms with E-state index < -0.39 is 5.97 Å². The summed E-state index contributed by atoms with van der Waals surface area (Å²) in [6.45, 7) is 4.04. The highest BCUT2D eigenvalue weighted by Crippen LogP contribution is 2.28. The van der Waals surface area contributed by atoms with Gasteiger partial charge in [-0.2, -0.15) is 0 Å². The number of hydrogen-bond donors (Lipinski definition) is 2. The second-order valence-electron chi connectivity index (χ2n) is 6.27. The van der Waals surface area contributed by atoms with Crippen LogP contribution < -0.4 is 5.32 Å². The molecule has 0 saturated heterocycles. The average Bonchev–Trinajstić information content (AvgIpc) is 2.58. The van der Waals surface area contributed by atoms with Crippen LogP contribution in [0.4, 0.5) is 0 Å². The molecule has 2 rings (SSSR count). The SMILES string of the molecule is CC(C)C(NC(=O)CCc1ccccc1C(=O)O)c1ccccc1Cl. The summed E-state index contributed by atoms with van der Waals surface area (Å²) in [5, 5.41) is 12.9. The number of carbonyl (C=O) groups is 2. The number of carbonyl (C=O) groups excluding carboxylic acids is 1. The Labute approximate surface area is 152 Å². The molecule has 0 aliphatic carbocycles. The van der Waals surface area contributed by atoms with Gasteiger partial charge in [-0.15, -0.1) is 0 Å². The fourth-order valence-electron chi connectivity index (χ4n) is 2.77. The summed E-state index contributed by atoms with van der Waals surface area (Å²) in [6, 6.07) is 14.0. The zero-order valence-electron chi connectivity index (χ0n) is 14.3. The van der Waals surface area contributed by atoms with Gasteiger partial charge in [0.05, 0.1) is 11.6 Å². The molecule has 0 radical (unpaired) electrons. The van der Waals surface area contributed by atoms with Crippen LogP contribution in [0.3, 0.4) is 0 Å². The second kappa shape index (κ2) is 8.67. The number of benzene rings is 2. The van der Waals surface area contributed by atoms with Gasteiger partial charge in [-0.05, 0) is 35.6 Å². The van der Waals surface area contributed by atoms with Crippen molar-refractivity contribution in [3.8, 4) is 0 Å². The molecule has 0 aliphatic heterocycles. The summed E-state index contributed by atoms with van der Waals surface area (Å²) in [6.07, 6.45) is 0.597. The third-order valence-corrected chi connectivity index (χ3v) is 4.44. The van der Waals surface area contributed by atoms with Gasteiger partial charge in [0.1, 0.15) is 0 Å². The maximum Gasteiger partial charge on any atom is 0.335 e. The lowest BCUT2D eigenvalue weighted by Gasteiger charge is -2.24. The van der Waals surface area contributed by atoms with Crippen LogP contribution in [0.5, 0.6) is 0 Å². The number of carboxylic acid groups (broad SMARTS) is 1. The number of amides is 1. The van der Waals surface area contributed by atoms with Crippen LogP contribution in [0, 0.1) is 5.92 Å². The topological polar surface area (TPSA) is 66.4 Å². The number of aryl methyl sites for hydroxylation is 1. The first kappa shape index (κ1) is 19.0. The molecule has 0 bridgehead atoms. The van der Waals surface area contributed by atoms with Crippen molar-refractivity contribution in [2.45, 2.75) is 32.7 Å². The van der Waals surface area contributed by atoms with Crippen molar-refractivity contribution in [2.75, 3.05) is 0 Å². The van der Waals surface area contributed by atoms with Crippen LogP contribution in [-0.2, 0) is 11.2 Å². The lowest BCUT2D eigenvalue weighted by Crippen LogP contribution is -2.32. The quantitative estimate of drug-likeness (QED) is 0.765. The Balaban J connectivity index is 2.06. The average molecular weight is 360 g/mol. The minimum atomic E-state index is -0.980. The molecule has 0 aromatic heterocycles. The fraction of sp³-hybridized carbons (Fsp3) is 0.300. The third kappa shape index (κ3) is 5.07. The second-order valence-corrected chi connectivity index (χ2v) is 6.68. The van der Waals surface area contributed by atoms with E-state index in [0.29, 0.717) is 17.0 Å². The number of nitrogens with one attached hydrogen (secondary N) is 1. The van der Waals surface area contributed by atoms with E-state index in [1.165, 1.54) is 0 Å². The summed E-state index contributed by atoms with van der Waals surface area (Å²) < 4.78 is 0. The molecule has 132 valence electrons. The fourth-order valence-corrected chi connectivity index (χ4v) is 3.02. The number of rotatable bonds is 7. The van der Waals surface area contributed by atoms with Crippen molar-refractivity contribution in [3.63, 3.8) is 0 Å². The van der Waals surface area contributed by atoms with Crippen molar-refractivity contribution in [2.24, 2.45) is 5.92 Å². The van der Waals surface area contributed by atoms with E-state index in [9.17, 15) is 14.7 Å². The summed E-state index contributed by atoms with van der Waals surface area (Å²) in [5.41, 5.74) is 1.78. The first-order valence-electron chi connectivity index (χ1n) is 8.25. The Morgan fingerprint density at radius 2 is 1.72 bits per heavy atom.